The van der Waals surface area contributed by atoms with Gasteiger partial charge in [0.05, 0.1) is 18.4 Å². The fourth-order valence-electron chi connectivity index (χ4n) is 3.10. The molecule has 0 aromatic heterocycles. The van der Waals surface area contributed by atoms with E-state index >= 15 is 0 Å². The molecule has 0 radical (unpaired) electrons. The zero-order chi connectivity index (χ0) is 17.1. The Morgan fingerprint density at radius 2 is 1.83 bits per heavy atom. The second-order valence-corrected chi connectivity index (χ2v) is 6.36. The molecule has 0 aromatic rings. The second kappa shape index (κ2) is 6.97. The summed E-state index contributed by atoms with van der Waals surface area (Å²) in [6, 6.07) is 0. The highest BCUT2D eigenvalue weighted by molar-refractivity contribution is 5.91. The maximum absolute atomic E-state index is 12.3. The van der Waals surface area contributed by atoms with Gasteiger partial charge in [-0.15, -0.1) is 0 Å². The molecule has 2 aliphatic rings. The van der Waals surface area contributed by atoms with Crippen molar-refractivity contribution in [2.75, 3.05) is 40.3 Å². The number of hydrogen-bond donors (Lipinski definition) is 1. The molecule has 1 unspecified atom stereocenters. The first-order chi connectivity index (χ1) is 10.8. The molecular formula is C15H23N3O5. The third-order valence-corrected chi connectivity index (χ3v) is 4.64. The van der Waals surface area contributed by atoms with Gasteiger partial charge >= 0.3 is 5.97 Å². The summed E-state index contributed by atoms with van der Waals surface area (Å²) in [5, 5.41) is 8.96. The molecule has 3 amide bonds. The number of rotatable bonds is 4. The summed E-state index contributed by atoms with van der Waals surface area (Å²) in [6.07, 6.45) is 1.08. The molecule has 0 saturated carbocycles. The summed E-state index contributed by atoms with van der Waals surface area (Å²) >= 11 is 0. The number of amides is 3. The number of carboxylic acid groups (broad SMARTS) is 1. The van der Waals surface area contributed by atoms with Crippen LogP contribution in [0.5, 0.6) is 0 Å². The van der Waals surface area contributed by atoms with E-state index in [1.807, 2.05) is 0 Å². The zero-order valence-corrected chi connectivity index (χ0v) is 13.5. The molecule has 8 heteroatoms. The Morgan fingerprint density at radius 3 is 2.30 bits per heavy atom. The van der Waals surface area contributed by atoms with Crippen LogP contribution in [0.3, 0.4) is 0 Å². The Balaban J connectivity index is 1.82. The van der Waals surface area contributed by atoms with Gasteiger partial charge in [0.25, 0.3) is 0 Å². The van der Waals surface area contributed by atoms with Crippen LogP contribution in [-0.2, 0) is 19.2 Å². The van der Waals surface area contributed by atoms with E-state index in [2.05, 4.69) is 0 Å². The topological polar surface area (TPSA) is 98.2 Å². The first kappa shape index (κ1) is 17.2. The number of carbonyl (C=O) groups is 4. The van der Waals surface area contributed by atoms with Gasteiger partial charge in [0.1, 0.15) is 0 Å². The van der Waals surface area contributed by atoms with E-state index < -0.39 is 11.9 Å². The Bertz CT molecular complexity index is 513. The highest BCUT2D eigenvalue weighted by Crippen LogP contribution is 2.19. The largest absolute Gasteiger partial charge is 0.481 e. The van der Waals surface area contributed by atoms with E-state index in [4.69, 9.17) is 5.11 Å². The van der Waals surface area contributed by atoms with Crippen LogP contribution in [-0.4, -0.2) is 83.8 Å². The normalized spacial score (nSPS) is 22.3. The van der Waals surface area contributed by atoms with Gasteiger partial charge in [-0.25, -0.2) is 0 Å². The van der Waals surface area contributed by atoms with E-state index in [0.29, 0.717) is 32.5 Å². The highest BCUT2D eigenvalue weighted by Gasteiger charge is 2.35. The van der Waals surface area contributed by atoms with Crippen molar-refractivity contribution in [2.45, 2.75) is 19.3 Å². The summed E-state index contributed by atoms with van der Waals surface area (Å²) < 4.78 is 0. The Kier molecular flexibility index (Phi) is 5.23. The summed E-state index contributed by atoms with van der Waals surface area (Å²) in [5.41, 5.74) is 0. The predicted octanol–water partition coefficient (Wildman–Crippen LogP) is -0.754. The van der Waals surface area contributed by atoms with Gasteiger partial charge in [0.15, 0.2) is 0 Å². The van der Waals surface area contributed by atoms with Crippen molar-refractivity contribution in [3.05, 3.63) is 0 Å². The van der Waals surface area contributed by atoms with Crippen molar-refractivity contribution in [3.8, 4) is 0 Å². The monoisotopic (exact) mass is 325 g/mol. The highest BCUT2D eigenvalue weighted by atomic mass is 16.4. The van der Waals surface area contributed by atoms with Crippen LogP contribution in [0.1, 0.15) is 19.3 Å². The molecule has 0 aromatic carbocycles. The predicted molar refractivity (Wildman–Crippen MR) is 80.3 cm³/mol. The lowest BCUT2D eigenvalue weighted by Crippen LogP contribution is -2.46. The Hall–Kier alpha value is -2.12. The first-order valence-electron chi connectivity index (χ1n) is 7.79. The number of carbonyl (C=O) groups excluding carboxylic acids is 3. The van der Waals surface area contributed by atoms with Gasteiger partial charge in [-0.1, -0.05) is 0 Å². The number of piperidine rings is 1. The molecule has 2 aliphatic heterocycles. The van der Waals surface area contributed by atoms with E-state index in [-0.39, 0.29) is 36.6 Å². The van der Waals surface area contributed by atoms with E-state index in [1.54, 1.807) is 19.0 Å². The molecule has 0 bridgehead atoms. The minimum atomic E-state index is -0.820. The SMILES string of the molecule is CN1CC(C(=O)N(C)CC(=O)N2CCC(C(=O)O)CC2)CC1=O. The van der Waals surface area contributed by atoms with Crippen LogP contribution in [0, 0.1) is 11.8 Å². The fourth-order valence-corrected chi connectivity index (χ4v) is 3.10. The molecule has 2 fully saturated rings. The van der Waals surface area contributed by atoms with Crippen LogP contribution in [0.25, 0.3) is 0 Å². The standard InChI is InChI=1S/C15H23N3O5/c1-16-8-11(7-12(16)19)14(21)17(2)9-13(20)18-5-3-10(4-6-18)15(22)23/h10-11H,3-9H2,1-2H3,(H,22,23). The molecule has 2 rings (SSSR count). The van der Waals surface area contributed by atoms with Crippen molar-refractivity contribution in [3.63, 3.8) is 0 Å². The van der Waals surface area contributed by atoms with Gasteiger partial charge < -0.3 is 19.8 Å². The Labute approximate surface area is 135 Å². The van der Waals surface area contributed by atoms with Gasteiger partial charge in [-0.2, -0.15) is 0 Å². The average Bonchev–Trinajstić information content (AvgIpc) is 2.85. The van der Waals surface area contributed by atoms with Crippen LogP contribution >= 0.6 is 0 Å². The lowest BCUT2D eigenvalue weighted by molar-refractivity contribution is -0.147. The molecule has 128 valence electrons. The molecule has 8 nitrogen and oxygen atoms in total. The number of hydrogen-bond acceptors (Lipinski definition) is 4. The van der Waals surface area contributed by atoms with E-state index in [9.17, 15) is 19.2 Å². The van der Waals surface area contributed by atoms with Gasteiger partial charge in [0.2, 0.25) is 17.7 Å². The first-order valence-corrected chi connectivity index (χ1v) is 7.79. The number of likely N-dealkylation sites (tertiary alicyclic amines) is 2. The molecular weight excluding hydrogens is 302 g/mol. The lowest BCUT2D eigenvalue weighted by Gasteiger charge is -2.31. The molecule has 1 atom stereocenters. The van der Waals surface area contributed by atoms with Crippen molar-refractivity contribution in [2.24, 2.45) is 11.8 Å². The minimum absolute atomic E-state index is 0.0367. The number of aliphatic carboxylic acids is 1. The van der Waals surface area contributed by atoms with Gasteiger partial charge in [-0.3, -0.25) is 19.2 Å². The summed E-state index contributed by atoms with van der Waals surface area (Å²) in [4.78, 5) is 51.4. The Morgan fingerprint density at radius 1 is 1.22 bits per heavy atom. The third kappa shape index (κ3) is 4.00. The second-order valence-electron chi connectivity index (χ2n) is 6.36. The van der Waals surface area contributed by atoms with Gasteiger partial charge in [-0.05, 0) is 12.8 Å². The van der Waals surface area contributed by atoms with E-state index in [0.717, 1.165) is 0 Å². The van der Waals surface area contributed by atoms with Crippen molar-refractivity contribution >= 4 is 23.7 Å². The van der Waals surface area contributed by atoms with Crippen molar-refractivity contribution < 1.29 is 24.3 Å². The number of likely N-dealkylation sites (N-methyl/N-ethyl adjacent to an activating group) is 1. The number of carboxylic acids is 1. The molecule has 2 saturated heterocycles. The van der Waals surface area contributed by atoms with Crippen molar-refractivity contribution in [1.82, 2.24) is 14.7 Å². The summed E-state index contributed by atoms with van der Waals surface area (Å²) in [6.45, 7) is 1.16. The smallest absolute Gasteiger partial charge is 0.306 e. The van der Waals surface area contributed by atoms with Crippen LogP contribution in [0.4, 0.5) is 0 Å². The fraction of sp³-hybridized carbons (Fsp3) is 0.733. The average molecular weight is 325 g/mol. The molecule has 23 heavy (non-hydrogen) atoms. The maximum atomic E-state index is 12.3. The zero-order valence-electron chi connectivity index (χ0n) is 13.5. The minimum Gasteiger partial charge on any atom is -0.481 e. The molecule has 2 heterocycles. The van der Waals surface area contributed by atoms with Crippen LogP contribution in [0.2, 0.25) is 0 Å². The molecule has 1 N–H and O–H groups in total. The molecule has 0 aliphatic carbocycles. The van der Waals surface area contributed by atoms with E-state index in [1.165, 1.54) is 9.80 Å². The van der Waals surface area contributed by atoms with Gasteiger partial charge in [0, 0.05) is 40.2 Å². The summed E-state index contributed by atoms with van der Waals surface area (Å²) in [7, 11) is 3.22. The number of nitrogens with zero attached hydrogens (tertiary/aromatic N) is 3. The third-order valence-electron chi connectivity index (χ3n) is 4.64. The van der Waals surface area contributed by atoms with Crippen LogP contribution in [0.15, 0.2) is 0 Å². The van der Waals surface area contributed by atoms with Crippen molar-refractivity contribution in [1.29, 1.82) is 0 Å². The maximum Gasteiger partial charge on any atom is 0.306 e. The van der Waals surface area contributed by atoms with Crippen LogP contribution < -0.4 is 0 Å². The quantitative estimate of drug-likeness (QED) is 0.733. The lowest BCUT2D eigenvalue weighted by atomic mass is 9.97. The summed E-state index contributed by atoms with van der Waals surface area (Å²) in [5.74, 6) is -2.03. The molecule has 0 spiro atoms.